The van der Waals surface area contributed by atoms with Crippen molar-refractivity contribution in [3.63, 3.8) is 0 Å². The molecule has 30 valence electrons. The molecule has 0 nitrogen and oxygen atoms in total. The smallest absolute Gasteiger partial charge is 0.0222 e. The van der Waals surface area contributed by atoms with E-state index in [2.05, 4.69) is 29.3 Å². The molecule has 0 radical (unpaired) electrons. The summed E-state index contributed by atoms with van der Waals surface area (Å²) in [5, 5.41) is 1.39. The van der Waals surface area contributed by atoms with Gasteiger partial charge in [-0.1, -0.05) is 0 Å². The third kappa shape index (κ3) is 4.65. The van der Waals surface area contributed by atoms with Crippen LogP contribution in [0.3, 0.4) is 0 Å². The van der Waals surface area contributed by atoms with Gasteiger partial charge in [0.2, 0.25) is 0 Å². The van der Waals surface area contributed by atoms with Crippen LogP contribution in [0.2, 0.25) is 0 Å². The van der Waals surface area contributed by atoms with Crippen molar-refractivity contribution in [2.75, 3.05) is 0 Å². The van der Waals surface area contributed by atoms with Gasteiger partial charge in [0.25, 0.3) is 0 Å². The van der Waals surface area contributed by atoms with Crippen LogP contribution in [0.4, 0.5) is 0 Å². The molecule has 0 atom stereocenters. The first kappa shape index (κ1) is 5.65. The number of hydrogen-bond donors (Lipinski definition) is 0. The summed E-state index contributed by atoms with van der Waals surface area (Å²) in [7, 11) is 0. The molecule has 0 aliphatic heterocycles. The Balaban J connectivity index is 3.14. The van der Waals surface area contributed by atoms with Crippen LogP contribution in [-0.2, 0) is 0 Å². The van der Waals surface area contributed by atoms with Crippen LogP contribution in [0.15, 0.2) is 0 Å². The minimum absolute atomic E-state index is 1.23. The van der Waals surface area contributed by atoms with E-state index in [4.69, 9.17) is 0 Å². The highest BCUT2D eigenvalue weighted by Gasteiger charge is 1.63. The van der Waals surface area contributed by atoms with Crippen molar-refractivity contribution in [1.29, 1.82) is 0 Å². The first-order chi connectivity index (χ1) is 2.27. The lowest BCUT2D eigenvalue weighted by Gasteiger charge is -1.70. The summed E-state index contributed by atoms with van der Waals surface area (Å²) in [4.78, 5) is 0. The van der Waals surface area contributed by atoms with Crippen LogP contribution in [0, 0.1) is 0 Å². The average Bonchev–Trinajstić information content (AvgIpc) is 1.38. The highest BCUT2D eigenvalue weighted by Crippen LogP contribution is 2.07. The van der Waals surface area contributed by atoms with Crippen molar-refractivity contribution >= 4 is 27.7 Å². The largest absolute Gasteiger partial charge is 0.0421 e. The quantitative estimate of drug-likeness (QED) is 0.469. The molecule has 2 heteroatoms. The van der Waals surface area contributed by atoms with E-state index in [1.807, 2.05) is 0 Å². The second-order valence-electron chi connectivity index (χ2n) is 1.03. The number of hydrogen-bond acceptors (Lipinski definition) is 0. The van der Waals surface area contributed by atoms with Gasteiger partial charge in [0.1, 0.15) is 0 Å². The highest BCUT2D eigenvalue weighted by atomic mass is 79.9. The fourth-order valence-corrected chi connectivity index (χ4v) is 0. The Morgan fingerprint density at radius 2 is 1.80 bits per heavy atom. The van der Waals surface area contributed by atoms with Gasteiger partial charge in [-0.2, -0.15) is 0 Å². The molecule has 0 aromatic heterocycles. The maximum atomic E-state index is 3.25. The Morgan fingerprint density at radius 3 is 1.80 bits per heavy atom. The average molecular weight is 153 g/mol. The van der Waals surface area contributed by atoms with Crippen molar-refractivity contribution in [1.82, 2.24) is 0 Å². The van der Waals surface area contributed by atoms with Gasteiger partial charge >= 0.3 is 0 Å². The van der Waals surface area contributed by atoms with E-state index in [0.29, 0.717) is 0 Å². The monoisotopic (exact) mass is 152 g/mol. The van der Waals surface area contributed by atoms with Crippen LogP contribution in [0.25, 0.3) is 0 Å². The lowest BCUT2D eigenvalue weighted by Crippen LogP contribution is -1.64. The maximum absolute atomic E-state index is 3.25. The molecular formula is C3H6BrP. The number of halogens is 1. The van der Waals surface area contributed by atoms with Crippen molar-refractivity contribution in [2.24, 2.45) is 0 Å². The van der Waals surface area contributed by atoms with E-state index in [1.165, 1.54) is 12.2 Å². The van der Waals surface area contributed by atoms with Gasteiger partial charge in [-0.05, 0) is 41.5 Å². The first-order valence-electron chi connectivity index (χ1n) is 1.39. The summed E-state index contributed by atoms with van der Waals surface area (Å²) >= 11 is 3.25. The summed E-state index contributed by atoms with van der Waals surface area (Å²) in [5.41, 5.74) is 0. The van der Waals surface area contributed by atoms with Gasteiger partial charge in [0.15, 0.2) is 0 Å². The summed E-state index contributed by atoms with van der Waals surface area (Å²) in [6.07, 6.45) is 0. The van der Waals surface area contributed by atoms with E-state index in [-0.39, 0.29) is 0 Å². The molecule has 0 fully saturated rings. The lowest BCUT2D eigenvalue weighted by atomic mass is 10.6. The molecule has 0 heterocycles. The summed E-state index contributed by atoms with van der Waals surface area (Å²) in [6.45, 7) is 5.39. The van der Waals surface area contributed by atoms with Crippen molar-refractivity contribution in [3.05, 3.63) is 0 Å². The van der Waals surface area contributed by atoms with Crippen LogP contribution < -0.4 is 0 Å². The number of rotatable bonds is 0. The molecule has 0 saturated heterocycles. The zero-order valence-electron chi connectivity index (χ0n) is 3.33. The van der Waals surface area contributed by atoms with Crippen LogP contribution in [0.5, 0.6) is 0 Å². The molecule has 0 bridgehead atoms. The Labute approximate surface area is 42.1 Å². The normalized spacial score (nSPS) is 8.60. The van der Waals surface area contributed by atoms with Crippen molar-refractivity contribution in [2.45, 2.75) is 13.8 Å². The second-order valence-corrected chi connectivity index (χ2v) is 3.16. The lowest BCUT2D eigenvalue weighted by molar-refractivity contribution is 1.85. The molecule has 0 unspecified atom stereocenters. The third-order valence-electron chi connectivity index (χ3n) is 0.169. The fraction of sp³-hybridized carbons (Fsp3) is 0.667. The summed E-state index contributed by atoms with van der Waals surface area (Å²) < 4.78 is 0. The van der Waals surface area contributed by atoms with Crippen LogP contribution in [-0.4, -0.2) is 5.29 Å². The third-order valence-corrected chi connectivity index (χ3v) is 2.63. The molecule has 0 aromatic carbocycles. The van der Waals surface area contributed by atoms with E-state index in [0.717, 1.165) is 0 Å². The molecule has 0 saturated carbocycles. The molecule has 0 aromatic rings. The Kier molecular flexibility index (Phi) is 3.24. The van der Waals surface area contributed by atoms with Crippen molar-refractivity contribution < 1.29 is 0 Å². The zero-order chi connectivity index (χ0) is 4.28. The predicted molar refractivity (Wildman–Crippen MR) is 32.2 cm³/mol. The Bertz CT molecular complexity index is 44.9. The second kappa shape index (κ2) is 2.87. The highest BCUT2D eigenvalue weighted by molar-refractivity contribution is 9.36. The molecule has 0 aliphatic rings. The molecule has 0 amide bonds. The molecule has 0 N–H and O–H groups in total. The molecule has 5 heavy (non-hydrogen) atoms. The Morgan fingerprint density at radius 1 is 1.60 bits per heavy atom. The minimum Gasteiger partial charge on any atom is -0.0421 e. The SMILES string of the molecule is CC(C)=PBr. The van der Waals surface area contributed by atoms with E-state index in [1.54, 1.807) is 0 Å². The first-order valence-corrected chi connectivity index (χ1v) is 4.31. The van der Waals surface area contributed by atoms with E-state index in [9.17, 15) is 0 Å². The summed E-state index contributed by atoms with van der Waals surface area (Å²) in [6, 6.07) is 0. The maximum Gasteiger partial charge on any atom is -0.0222 e. The van der Waals surface area contributed by atoms with Crippen LogP contribution in [0.1, 0.15) is 13.8 Å². The van der Waals surface area contributed by atoms with Gasteiger partial charge in [0.05, 0.1) is 0 Å². The molecule has 0 aliphatic carbocycles. The van der Waals surface area contributed by atoms with Gasteiger partial charge in [-0.25, -0.2) is 0 Å². The summed E-state index contributed by atoms with van der Waals surface area (Å²) in [5.74, 6) is 0. The van der Waals surface area contributed by atoms with Gasteiger partial charge in [-0.15, -0.1) is 0 Å². The van der Waals surface area contributed by atoms with Gasteiger partial charge in [0, 0.05) is 0 Å². The van der Waals surface area contributed by atoms with Crippen LogP contribution >= 0.6 is 22.4 Å². The predicted octanol–water partition coefficient (Wildman–Crippen LogP) is 2.45. The van der Waals surface area contributed by atoms with E-state index >= 15 is 0 Å². The van der Waals surface area contributed by atoms with Gasteiger partial charge < -0.3 is 0 Å². The molecule has 0 spiro atoms. The standard InChI is InChI=1S/C3H6BrP/c1-3(2)5-4/h1-2H3. The van der Waals surface area contributed by atoms with Crippen molar-refractivity contribution in [3.8, 4) is 0 Å². The molecule has 0 rings (SSSR count). The topological polar surface area (TPSA) is 0 Å². The van der Waals surface area contributed by atoms with Gasteiger partial charge in [-0.3, -0.25) is 0 Å². The van der Waals surface area contributed by atoms with E-state index < -0.39 is 0 Å². The minimum atomic E-state index is 1.23. The zero-order valence-corrected chi connectivity index (χ0v) is 5.81. The fourth-order valence-electron chi connectivity index (χ4n) is 0. The Hall–Kier alpha value is 0.650. The molecular weight excluding hydrogens is 147 g/mol.